The van der Waals surface area contributed by atoms with Crippen molar-refractivity contribution < 1.29 is 22.3 Å². The van der Waals surface area contributed by atoms with E-state index in [9.17, 15) is 17.6 Å². The molecule has 1 aliphatic heterocycles. The number of para-hydroxylation sites is 1. The van der Waals surface area contributed by atoms with E-state index < -0.39 is 29.0 Å². The van der Waals surface area contributed by atoms with Crippen LogP contribution in [0.25, 0.3) is 0 Å². The summed E-state index contributed by atoms with van der Waals surface area (Å²) in [6.07, 6.45) is 0.206. The van der Waals surface area contributed by atoms with Gasteiger partial charge >= 0.3 is 0 Å². The van der Waals surface area contributed by atoms with Gasteiger partial charge in [-0.3, -0.25) is 0 Å². The Labute approximate surface area is 118 Å². The summed E-state index contributed by atoms with van der Waals surface area (Å²) in [6, 6.07) is 7.53. The van der Waals surface area contributed by atoms with Crippen LogP contribution in [0.1, 0.15) is 5.56 Å². The Kier molecular flexibility index (Phi) is 3.45. The highest BCUT2D eigenvalue weighted by molar-refractivity contribution is 5.48. The fraction of sp³-hybridized carbons (Fsp3) is 0.200. The van der Waals surface area contributed by atoms with Crippen molar-refractivity contribution in [2.45, 2.75) is 12.5 Å². The van der Waals surface area contributed by atoms with E-state index in [1.165, 1.54) is 0 Å². The normalized spacial score (nSPS) is 16.5. The quantitative estimate of drug-likeness (QED) is 0.689. The summed E-state index contributed by atoms with van der Waals surface area (Å²) in [5, 5.41) is 2.38. The lowest BCUT2D eigenvalue weighted by Crippen LogP contribution is -2.25. The first-order chi connectivity index (χ1) is 10.1. The van der Waals surface area contributed by atoms with Crippen LogP contribution < -0.4 is 10.1 Å². The van der Waals surface area contributed by atoms with Crippen LogP contribution in [0.4, 0.5) is 23.2 Å². The number of fused-ring (bicyclic) bond motifs is 1. The topological polar surface area (TPSA) is 21.3 Å². The first-order valence-corrected chi connectivity index (χ1v) is 6.37. The van der Waals surface area contributed by atoms with E-state index in [1.807, 2.05) is 18.2 Å². The monoisotopic (exact) mass is 297 g/mol. The minimum absolute atomic E-state index is 0.0331. The molecule has 3 rings (SSSR count). The van der Waals surface area contributed by atoms with Crippen LogP contribution in [-0.4, -0.2) is 12.6 Å². The van der Waals surface area contributed by atoms with Gasteiger partial charge in [-0.2, -0.15) is 0 Å². The first-order valence-electron chi connectivity index (χ1n) is 6.37. The average molecular weight is 297 g/mol. The van der Waals surface area contributed by atoms with E-state index in [-0.39, 0.29) is 18.7 Å². The molecule has 0 aromatic heterocycles. The molecule has 6 heteroatoms. The standard InChI is InChI=1S/C15H11F4NO/c16-10-6-11(17)14(19)15(13(10)18)20-7-9-5-8-3-1-2-4-12(8)21-9/h1-4,6,9,20H,5,7H2. The first kappa shape index (κ1) is 13.7. The molecule has 0 radical (unpaired) electrons. The van der Waals surface area contributed by atoms with Gasteiger partial charge < -0.3 is 10.1 Å². The molecule has 2 nitrogen and oxygen atoms in total. The SMILES string of the molecule is Fc1cc(F)c(F)c(NCC2Cc3ccccc3O2)c1F. The summed E-state index contributed by atoms with van der Waals surface area (Å²) in [7, 11) is 0. The third-order valence-corrected chi connectivity index (χ3v) is 3.33. The van der Waals surface area contributed by atoms with Gasteiger partial charge in [0.2, 0.25) is 0 Å². The number of ether oxygens (including phenoxy) is 1. The molecule has 21 heavy (non-hydrogen) atoms. The lowest BCUT2D eigenvalue weighted by molar-refractivity contribution is 0.246. The zero-order valence-electron chi connectivity index (χ0n) is 10.8. The Bertz CT molecular complexity index is 638. The van der Waals surface area contributed by atoms with Crippen LogP contribution in [-0.2, 0) is 6.42 Å². The van der Waals surface area contributed by atoms with E-state index in [0.717, 1.165) is 5.56 Å². The Hall–Kier alpha value is -2.24. The molecule has 110 valence electrons. The third kappa shape index (κ3) is 2.53. The summed E-state index contributed by atoms with van der Waals surface area (Å²) in [6.45, 7) is 0.0331. The molecular formula is C15H11F4NO. The fourth-order valence-electron chi connectivity index (χ4n) is 2.31. The zero-order valence-corrected chi connectivity index (χ0v) is 10.8. The second kappa shape index (κ2) is 5.27. The largest absolute Gasteiger partial charge is 0.488 e. The molecule has 2 aromatic rings. The van der Waals surface area contributed by atoms with E-state index in [1.54, 1.807) is 6.07 Å². The van der Waals surface area contributed by atoms with Crippen LogP contribution in [0.5, 0.6) is 5.75 Å². The van der Waals surface area contributed by atoms with Gasteiger partial charge in [0, 0.05) is 12.5 Å². The van der Waals surface area contributed by atoms with Gasteiger partial charge in [0.1, 0.15) is 17.5 Å². The van der Waals surface area contributed by atoms with E-state index >= 15 is 0 Å². The van der Waals surface area contributed by atoms with E-state index in [0.29, 0.717) is 12.2 Å². The van der Waals surface area contributed by atoms with Gasteiger partial charge in [0.05, 0.1) is 6.54 Å². The van der Waals surface area contributed by atoms with Crippen molar-refractivity contribution in [1.29, 1.82) is 0 Å². The maximum Gasteiger partial charge on any atom is 0.185 e. The highest BCUT2D eigenvalue weighted by Crippen LogP contribution is 2.29. The third-order valence-electron chi connectivity index (χ3n) is 3.33. The van der Waals surface area contributed by atoms with Gasteiger partial charge in [0.25, 0.3) is 0 Å². The fourth-order valence-corrected chi connectivity index (χ4v) is 2.31. The van der Waals surface area contributed by atoms with Gasteiger partial charge in [-0.25, -0.2) is 17.6 Å². The zero-order chi connectivity index (χ0) is 15.0. The summed E-state index contributed by atoms with van der Waals surface area (Å²) >= 11 is 0. The maximum absolute atomic E-state index is 13.5. The summed E-state index contributed by atoms with van der Waals surface area (Å²) < 4.78 is 58.7. The van der Waals surface area contributed by atoms with Gasteiger partial charge in [-0.05, 0) is 11.6 Å². The Balaban J connectivity index is 1.73. The molecule has 0 bridgehead atoms. The minimum atomic E-state index is -1.44. The molecule has 1 N–H and O–H groups in total. The molecule has 1 atom stereocenters. The predicted molar refractivity (Wildman–Crippen MR) is 69.3 cm³/mol. The summed E-state index contributed by atoms with van der Waals surface area (Å²) in [5.41, 5.74) is 0.169. The molecule has 0 amide bonds. The number of benzene rings is 2. The lowest BCUT2D eigenvalue weighted by atomic mass is 10.1. The van der Waals surface area contributed by atoms with Crippen molar-refractivity contribution in [2.24, 2.45) is 0 Å². The van der Waals surface area contributed by atoms with Crippen LogP contribution in [0.15, 0.2) is 30.3 Å². The summed E-state index contributed by atoms with van der Waals surface area (Å²) in [5.74, 6) is -5.05. The van der Waals surface area contributed by atoms with Crippen LogP contribution in [0.3, 0.4) is 0 Å². The van der Waals surface area contributed by atoms with Crippen molar-refractivity contribution in [3.63, 3.8) is 0 Å². The van der Waals surface area contributed by atoms with Gasteiger partial charge in [-0.15, -0.1) is 0 Å². The smallest absolute Gasteiger partial charge is 0.185 e. The molecule has 0 spiro atoms. The van der Waals surface area contributed by atoms with Crippen LogP contribution >= 0.6 is 0 Å². The number of halogens is 4. The number of hydrogen-bond donors (Lipinski definition) is 1. The Morgan fingerprint density at radius 2 is 1.71 bits per heavy atom. The Morgan fingerprint density at radius 3 is 2.38 bits per heavy atom. The Morgan fingerprint density at radius 1 is 1.05 bits per heavy atom. The number of nitrogens with one attached hydrogen (secondary N) is 1. The minimum Gasteiger partial charge on any atom is -0.488 e. The predicted octanol–water partition coefficient (Wildman–Crippen LogP) is 3.66. The average Bonchev–Trinajstić information content (AvgIpc) is 2.88. The van der Waals surface area contributed by atoms with Crippen molar-refractivity contribution >= 4 is 5.69 Å². The number of hydrogen-bond acceptors (Lipinski definition) is 2. The van der Waals surface area contributed by atoms with Crippen molar-refractivity contribution in [3.8, 4) is 5.75 Å². The molecule has 1 aliphatic rings. The molecule has 0 aliphatic carbocycles. The number of anilines is 1. The lowest BCUT2D eigenvalue weighted by Gasteiger charge is -2.14. The molecule has 1 unspecified atom stereocenters. The van der Waals surface area contributed by atoms with Crippen molar-refractivity contribution in [3.05, 3.63) is 59.2 Å². The van der Waals surface area contributed by atoms with Crippen molar-refractivity contribution in [2.75, 3.05) is 11.9 Å². The molecule has 0 fully saturated rings. The highest BCUT2D eigenvalue weighted by atomic mass is 19.2. The summed E-state index contributed by atoms with van der Waals surface area (Å²) in [4.78, 5) is 0. The number of rotatable bonds is 3. The van der Waals surface area contributed by atoms with E-state index in [4.69, 9.17) is 4.74 Å². The van der Waals surface area contributed by atoms with Crippen LogP contribution in [0.2, 0.25) is 0 Å². The van der Waals surface area contributed by atoms with Crippen LogP contribution in [0, 0.1) is 23.3 Å². The second-order valence-electron chi connectivity index (χ2n) is 4.78. The maximum atomic E-state index is 13.5. The molecule has 1 heterocycles. The van der Waals surface area contributed by atoms with E-state index in [2.05, 4.69) is 5.32 Å². The van der Waals surface area contributed by atoms with Crippen molar-refractivity contribution in [1.82, 2.24) is 0 Å². The van der Waals surface area contributed by atoms with Gasteiger partial charge in [0.15, 0.2) is 23.3 Å². The highest BCUT2D eigenvalue weighted by Gasteiger charge is 2.24. The second-order valence-corrected chi connectivity index (χ2v) is 4.78. The molecule has 2 aromatic carbocycles. The molecule has 0 saturated carbocycles. The molecule has 0 saturated heterocycles. The van der Waals surface area contributed by atoms with Gasteiger partial charge in [-0.1, -0.05) is 18.2 Å². The molecular weight excluding hydrogens is 286 g/mol.